The Hall–Kier alpha value is -2.15. The van der Waals surface area contributed by atoms with Crippen molar-refractivity contribution in [2.75, 3.05) is 6.67 Å². The number of aliphatic carboxylic acids is 1. The summed E-state index contributed by atoms with van der Waals surface area (Å²) >= 11 is 0. The molecular weight excluding hydrogens is 296 g/mol. The van der Waals surface area contributed by atoms with E-state index in [4.69, 9.17) is 10.8 Å². The molecule has 1 aromatic rings. The smallest absolute Gasteiger partial charge is 0.320 e. The van der Waals surface area contributed by atoms with Gasteiger partial charge in [0.05, 0.1) is 0 Å². The molecule has 0 saturated heterocycles. The van der Waals surface area contributed by atoms with Gasteiger partial charge in [0.15, 0.2) is 6.67 Å². The first-order chi connectivity index (χ1) is 10.4. The normalized spacial score (nSPS) is 12.6. The number of carboxylic acid groups (broad SMARTS) is 1. The maximum absolute atomic E-state index is 13.3. The Labute approximate surface area is 127 Å². The third kappa shape index (κ3) is 5.69. The van der Waals surface area contributed by atoms with Crippen molar-refractivity contribution in [3.63, 3.8) is 0 Å². The molecule has 122 valence electrons. The fourth-order valence-electron chi connectivity index (χ4n) is 1.51. The van der Waals surface area contributed by atoms with Crippen LogP contribution in [0.25, 0.3) is 0 Å². The molecule has 0 saturated carbocycles. The van der Waals surface area contributed by atoms with Gasteiger partial charge in [0.2, 0.25) is 17.7 Å². The van der Waals surface area contributed by atoms with Gasteiger partial charge in [-0.15, -0.1) is 0 Å². The minimum atomic E-state index is -2.52. The summed E-state index contributed by atoms with van der Waals surface area (Å²) in [5.74, 6) is -3.71. The monoisotopic (exact) mass is 315 g/mol. The Balaban J connectivity index is 0.00000211. The number of halogens is 2. The molecule has 0 aliphatic heterocycles. The van der Waals surface area contributed by atoms with Crippen LogP contribution in [0, 0.1) is 0 Å². The highest BCUT2D eigenvalue weighted by atomic mass is 19.1. The number of benzene rings is 1. The third-order valence-corrected chi connectivity index (χ3v) is 2.66. The number of nitrogens with two attached hydrogens (primary N) is 1. The second-order valence-corrected chi connectivity index (χ2v) is 4.17. The van der Waals surface area contributed by atoms with Crippen LogP contribution in [0.3, 0.4) is 0 Å². The average Bonchev–Trinajstić information content (AvgIpc) is 2.55. The molecule has 2 atom stereocenters. The van der Waals surface area contributed by atoms with Crippen LogP contribution in [0.5, 0.6) is 0 Å². The minimum absolute atomic E-state index is 0.0479. The highest BCUT2D eigenvalue weighted by Crippen LogP contribution is 2.11. The number of carbonyl (C=O) groups excluding carboxylic acids is 2. The van der Waals surface area contributed by atoms with Crippen molar-refractivity contribution in [1.29, 1.82) is 0 Å². The zero-order valence-electron chi connectivity index (χ0n) is 12.4. The van der Waals surface area contributed by atoms with Crippen LogP contribution in [-0.4, -0.2) is 41.5 Å². The molecule has 1 rings (SSSR count). The number of ketones is 2. The van der Waals surface area contributed by atoms with Crippen molar-refractivity contribution in [2.45, 2.75) is 32.5 Å². The van der Waals surface area contributed by atoms with Crippen molar-refractivity contribution in [1.82, 2.24) is 0 Å². The number of carboxylic acids is 1. The van der Waals surface area contributed by atoms with E-state index in [1.807, 2.05) is 13.8 Å². The number of alkyl halides is 2. The van der Waals surface area contributed by atoms with Gasteiger partial charge in [-0.05, 0) is 12.0 Å². The summed E-state index contributed by atoms with van der Waals surface area (Å²) in [5, 5.41) is 8.65. The number of hydrogen-bond donors (Lipinski definition) is 2. The van der Waals surface area contributed by atoms with E-state index in [1.54, 1.807) is 0 Å². The van der Waals surface area contributed by atoms with Gasteiger partial charge in [0, 0.05) is 5.56 Å². The number of Topliss-reactive ketones (excluding diaryl/α,β-unsaturated/α-hetero) is 2. The molecule has 22 heavy (non-hydrogen) atoms. The molecule has 0 fully saturated rings. The van der Waals surface area contributed by atoms with E-state index >= 15 is 0 Å². The predicted molar refractivity (Wildman–Crippen MR) is 77.3 cm³/mol. The van der Waals surface area contributed by atoms with E-state index in [1.165, 1.54) is 24.3 Å². The molecule has 0 aliphatic carbocycles. The predicted octanol–water partition coefficient (Wildman–Crippen LogP) is 1.73. The molecule has 0 radical (unpaired) electrons. The van der Waals surface area contributed by atoms with Crippen LogP contribution >= 0.6 is 0 Å². The second kappa shape index (κ2) is 9.73. The first-order valence-electron chi connectivity index (χ1n) is 6.71. The molecule has 1 aromatic carbocycles. The SMILES string of the molecule is CC.NC(Cc1ccc(C(=O)C(F)C(=O)CF)cc1)C(=O)O. The van der Waals surface area contributed by atoms with Crippen molar-refractivity contribution in [3.05, 3.63) is 35.4 Å². The Kier molecular flexibility index (Phi) is 8.78. The molecular formula is C15H19F2NO4. The molecule has 3 N–H and O–H groups in total. The van der Waals surface area contributed by atoms with Crippen LogP contribution in [-0.2, 0) is 16.0 Å². The van der Waals surface area contributed by atoms with Crippen LogP contribution in [0.2, 0.25) is 0 Å². The Morgan fingerprint density at radius 1 is 1.18 bits per heavy atom. The van der Waals surface area contributed by atoms with E-state index in [9.17, 15) is 23.2 Å². The number of carbonyl (C=O) groups is 3. The van der Waals surface area contributed by atoms with Gasteiger partial charge in [0.1, 0.15) is 6.04 Å². The third-order valence-electron chi connectivity index (χ3n) is 2.66. The largest absolute Gasteiger partial charge is 0.480 e. The summed E-state index contributed by atoms with van der Waals surface area (Å²) in [7, 11) is 0. The van der Waals surface area contributed by atoms with Gasteiger partial charge >= 0.3 is 5.97 Å². The van der Waals surface area contributed by atoms with E-state index in [2.05, 4.69) is 0 Å². The summed E-state index contributed by atoms with van der Waals surface area (Å²) in [4.78, 5) is 32.8. The molecule has 0 heterocycles. The van der Waals surface area contributed by atoms with Crippen LogP contribution < -0.4 is 5.73 Å². The number of hydrogen-bond acceptors (Lipinski definition) is 4. The summed E-state index contributed by atoms with van der Waals surface area (Å²) in [5.41, 5.74) is 5.79. The molecule has 0 bridgehead atoms. The van der Waals surface area contributed by atoms with Crippen molar-refractivity contribution in [2.24, 2.45) is 5.73 Å². The maximum Gasteiger partial charge on any atom is 0.320 e. The highest BCUT2D eigenvalue weighted by Gasteiger charge is 2.26. The van der Waals surface area contributed by atoms with Crippen LogP contribution in [0.4, 0.5) is 8.78 Å². The van der Waals surface area contributed by atoms with E-state index < -0.39 is 36.4 Å². The van der Waals surface area contributed by atoms with E-state index in [-0.39, 0.29) is 12.0 Å². The summed E-state index contributed by atoms with van der Waals surface area (Å²) in [6.07, 6.45) is -2.47. The fraction of sp³-hybridized carbons (Fsp3) is 0.400. The lowest BCUT2D eigenvalue weighted by molar-refractivity contribution is -0.138. The standard InChI is InChI=1S/C13H13F2NO4.C2H6/c14-6-10(17)11(15)12(18)8-3-1-7(2-4-8)5-9(16)13(19)20;1-2/h1-4,9,11H,5-6,16H2,(H,19,20);1-2H3. The summed E-state index contributed by atoms with van der Waals surface area (Å²) < 4.78 is 25.2. The molecule has 0 aromatic heterocycles. The minimum Gasteiger partial charge on any atom is -0.480 e. The highest BCUT2D eigenvalue weighted by molar-refractivity contribution is 6.13. The lowest BCUT2D eigenvalue weighted by Crippen LogP contribution is -2.32. The summed E-state index contributed by atoms with van der Waals surface area (Å²) in [6, 6.07) is 4.21. The van der Waals surface area contributed by atoms with Gasteiger partial charge in [-0.3, -0.25) is 14.4 Å². The first-order valence-corrected chi connectivity index (χ1v) is 6.71. The van der Waals surface area contributed by atoms with Gasteiger partial charge in [0.25, 0.3) is 0 Å². The fourth-order valence-corrected chi connectivity index (χ4v) is 1.51. The van der Waals surface area contributed by atoms with Gasteiger partial charge in [-0.25, -0.2) is 8.78 Å². The van der Waals surface area contributed by atoms with Gasteiger partial charge in [-0.2, -0.15) is 0 Å². The number of rotatable bonds is 7. The molecule has 5 nitrogen and oxygen atoms in total. The second-order valence-electron chi connectivity index (χ2n) is 4.17. The first kappa shape index (κ1) is 19.9. The van der Waals surface area contributed by atoms with Crippen molar-refractivity contribution >= 4 is 17.5 Å². The quantitative estimate of drug-likeness (QED) is 0.590. The lowest BCUT2D eigenvalue weighted by Gasteiger charge is -2.08. The van der Waals surface area contributed by atoms with Crippen LogP contribution in [0.1, 0.15) is 29.8 Å². The Morgan fingerprint density at radius 3 is 2.09 bits per heavy atom. The Bertz CT molecular complexity index is 517. The Morgan fingerprint density at radius 2 is 1.68 bits per heavy atom. The topological polar surface area (TPSA) is 97.5 Å². The zero-order chi connectivity index (χ0) is 17.3. The zero-order valence-corrected chi connectivity index (χ0v) is 12.4. The van der Waals surface area contributed by atoms with Gasteiger partial charge in [-0.1, -0.05) is 38.1 Å². The molecule has 0 amide bonds. The van der Waals surface area contributed by atoms with Crippen molar-refractivity contribution in [3.8, 4) is 0 Å². The summed E-state index contributed by atoms with van der Waals surface area (Å²) in [6.45, 7) is 2.46. The van der Waals surface area contributed by atoms with Crippen LogP contribution in [0.15, 0.2) is 24.3 Å². The average molecular weight is 315 g/mol. The van der Waals surface area contributed by atoms with E-state index in [0.29, 0.717) is 5.56 Å². The van der Waals surface area contributed by atoms with E-state index in [0.717, 1.165) is 0 Å². The molecule has 0 aliphatic rings. The molecule has 7 heteroatoms. The molecule has 2 unspecified atom stereocenters. The van der Waals surface area contributed by atoms with Gasteiger partial charge < -0.3 is 10.8 Å². The lowest BCUT2D eigenvalue weighted by atomic mass is 10.0. The maximum atomic E-state index is 13.3. The van der Waals surface area contributed by atoms with Crippen molar-refractivity contribution < 1.29 is 28.3 Å². The molecule has 0 spiro atoms.